The average Bonchev–Trinajstić information content (AvgIpc) is 3.28. The monoisotopic (exact) mass is 422 g/mol. The quantitative estimate of drug-likeness (QED) is 0.711. The Morgan fingerprint density at radius 3 is 2.57 bits per heavy atom. The number of Topliss-reactive ketones (excluding diaryl/α,β-unsaturated/α-hetero) is 1. The number of morpholine rings is 1. The molecule has 0 radical (unpaired) electrons. The van der Waals surface area contributed by atoms with Crippen LogP contribution < -0.4 is 5.32 Å². The maximum Gasteiger partial charge on any atom is 0.224 e. The fraction of sp³-hybridized carbons (Fsp3) is 0.870. The number of nitrogens with zero attached hydrogens (tertiary/aromatic N) is 1. The predicted octanol–water partition coefficient (Wildman–Crippen LogP) is 2.46. The van der Waals surface area contributed by atoms with Crippen LogP contribution in [-0.4, -0.2) is 67.1 Å². The first-order chi connectivity index (χ1) is 14.1. The second kappa shape index (κ2) is 10.2. The smallest absolute Gasteiger partial charge is 0.224 e. The molecule has 0 aromatic carbocycles. The van der Waals surface area contributed by atoms with Gasteiger partial charge in [-0.1, -0.05) is 39.5 Å². The molecule has 7 heteroatoms. The van der Waals surface area contributed by atoms with E-state index in [-0.39, 0.29) is 50.1 Å². The van der Waals surface area contributed by atoms with Gasteiger partial charge >= 0.3 is 0 Å². The van der Waals surface area contributed by atoms with Gasteiger partial charge < -0.3 is 19.7 Å². The van der Waals surface area contributed by atoms with Crippen molar-refractivity contribution in [3.63, 3.8) is 0 Å². The predicted molar refractivity (Wildman–Crippen MR) is 113 cm³/mol. The molecule has 2 heterocycles. The van der Waals surface area contributed by atoms with Gasteiger partial charge in [0, 0.05) is 25.4 Å². The molecule has 0 aromatic rings. The van der Waals surface area contributed by atoms with Crippen molar-refractivity contribution in [2.75, 3.05) is 32.9 Å². The molecule has 170 valence electrons. The molecule has 4 aliphatic rings. The average molecular weight is 423 g/mol. The molecule has 3 atom stereocenters. The Kier molecular flexibility index (Phi) is 7.91. The van der Waals surface area contributed by atoms with Crippen molar-refractivity contribution >= 4 is 17.6 Å². The number of carbonyl (C=O) groups excluding carboxylic acids is 3. The van der Waals surface area contributed by atoms with Crippen molar-refractivity contribution in [1.82, 2.24) is 10.2 Å². The Hall–Kier alpha value is -1.47. The van der Waals surface area contributed by atoms with E-state index in [2.05, 4.69) is 5.32 Å². The van der Waals surface area contributed by atoms with Crippen LogP contribution in [0.5, 0.6) is 0 Å². The van der Waals surface area contributed by atoms with Crippen molar-refractivity contribution in [2.45, 2.75) is 83.3 Å². The fourth-order valence-corrected chi connectivity index (χ4v) is 5.62. The highest BCUT2D eigenvalue weighted by Gasteiger charge is 2.55. The molecular weight excluding hydrogens is 384 g/mol. The molecule has 4 fully saturated rings. The molecule has 2 aliphatic carbocycles. The van der Waals surface area contributed by atoms with Gasteiger partial charge in [0.2, 0.25) is 11.8 Å². The van der Waals surface area contributed by atoms with Crippen LogP contribution in [0.4, 0.5) is 0 Å². The maximum atomic E-state index is 13.4. The number of hydrogen-bond donors (Lipinski definition) is 1. The third-order valence-corrected chi connectivity index (χ3v) is 7.34. The van der Waals surface area contributed by atoms with Crippen molar-refractivity contribution in [3.8, 4) is 0 Å². The molecule has 2 amide bonds. The Labute approximate surface area is 180 Å². The molecule has 2 aliphatic heterocycles. The molecule has 2 saturated carbocycles. The van der Waals surface area contributed by atoms with Crippen molar-refractivity contribution < 1.29 is 23.9 Å². The summed E-state index contributed by atoms with van der Waals surface area (Å²) in [7, 11) is 0. The van der Waals surface area contributed by atoms with Crippen LogP contribution >= 0.6 is 0 Å². The summed E-state index contributed by atoms with van der Waals surface area (Å²) in [4.78, 5) is 40.6. The highest BCUT2D eigenvalue weighted by molar-refractivity contribution is 5.97. The van der Waals surface area contributed by atoms with Crippen molar-refractivity contribution in [2.24, 2.45) is 11.8 Å². The lowest BCUT2D eigenvalue weighted by Gasteiger charge is -2.33. The first-order valence-electron chi connectivity index (χ1n) is 11.4. The minimum atomic E-state index is -0.857. The summed E-state index contributed by atoms with van der Waals surface area (Å²) < 4.78 is 11.0. The zero-order valence-corrected chi connectivity index (χ0v) is 17.3. The van der Waals surface area contributed by atoms with E-state index >= 15 is 0 Å². The molecule has 0 aromatic heterocycles. The molecule has 0 unspecified atom stereocenters. The van der Waals surface area contributed by atoms with Crippen molar-refractivity contribution in [3.05, 3.63) is 0 Å². The summed E-state index contributed by atoms with van der Waals surface area (Å²) in [6.07, 6.45) is 9.02. The third kappa shape index (κ3) is 4.88. The standard InChI is InChI=1S/C22H34N2O5.CH4/c25-18-15-29-19-7-4-8-22(18,19)23-21(27)17(13-16-5-2-1-3-6-16)14-20(26)24-9-11-28-12-10-24;/h16-17,19H,1-15H2,(H,23,27);1H4/t17-,19-,22+;/m1./s1. The summed E-state index contributed by atoms with van der Waals surface area (Å²) in [5.41, 5.74) is -0.857. The van der Waals surface area contributed by atoms with E-state index in [1.807, 2.05) is 4.90 Å². The summed E-state index contributed by atoms with van der Waals surface area (Å²) >= 11 is 0. The van der Waals surface area contributed by atoms with E-state index < -0.39 is 5.54 Å². The van der Waals surface area contributed by atoms with Gasteiger partial charge in [-0.3, -0.25) is 14.4 Å². The van der Waals surface area contributed by atoms with Gasteiger partial charge in [0.25, 0.3) is 0 Å². The summed E-state index contributed by atoms with van der Waals surface area (Å²) in [5, 5.41) is 3.09. The van der Waals surface area contributed by atoms with Crippen LogP contribution in [-0.2, 0) is 23.9 Å². The van der Waals surface area contributed by atoms with E-state index in [4.69, 9.17) is 9.47 Å². The van der Waals surface area contributed by atoms with Gasteiger partial charge in [0.1, 0.15) is 12.1 Å². The largest absolute Gasteiger partial charge is 0.378 e. The third-order valence-electron chi connectivity index (χ3n) is 7.34. The van der Waals surface area contributed by atoms with Gasteiger partial charge in [0.05, 0.1) is 19.3 Å². The normalized spacial score (nSPS) is 30.5. The zero-order chi connectivity index (χ0) is 20.3. The topological polar surface area (TPSA) is 84.9 Å². The lowest BCUT2D eigenvalue weighted by molar-refractivity contribution is -0.141. The number of rotatable bonds is 6. The van der Waals surface area contributed by atoms with E-state index in [9.17, 15) is 14.4 Å². The number of nitrogens with one attached hydrogen (secondary N) is 1. The van der Waals surface area contributed by atoms with Gasteiger partial charge in [-0.15, -0.1) is 0 Å². The molecule has 2 saturated heterocycles. The van der Waals surface area contributed by atoms with Crippen LogP contribution in [0.2, 0.25) is 0 Å². The maximum absolute atomic E-state index is 13.4. The van der Waals surface area contributed by atoms with Crippen LogP contribution in [0.1, 0.15) is 71.6 Å². The Balaban J connectivity index is 0.00000256. The van der Waals surface area contributed by atoms with Gasteiger partial charge in [-0.25, -0.2) is 0 Å². The number of carbonyl (C=O) groups is 3. The Morgan fingerprint density at radius 1 is 1.10 bits per heavy atom. The number of ketones is 1. The van der Waals surface area contributed by atoms with Gasteiger partial charge in [-0.2, -0.15) is 0 Å². The Bertz CT molecular complexity index is 627. The molecule has 30 heavy (non-hydrogen) atoms. The lowest BCUT2D eigenvalue weighted by Crippen LogP contribution is -2.57. The van der Waals surface area contributed by atoms with Gasteiger partial charge in [0.15, 0.2) is 5.78 Å². The van der Waals surface area contributed by atoms with Gasteiger partial charge in [-0.05, 0) is 31.6 Å². The second-order valence-corrected chi connectivity index (χ2v) is 9.21. The highest BCUT2D eigenvalue weighted by Crippen LogP contribution is 2.39. The first-order valence-corrected chi connectivity index (χ1v) is 11.4. The van der Waals surface area contributed by atoms with Crippen LogP contribution in [0.15, 0.2) is 0 Å². The second-order valence-electron chi connectivity index (χ2n) is 9.21. The summed E-state index contributed by atoms with van der Waals surface area (Å²) in [6.45, 7) is 2.39. The van der Waals surface area contributed by atoms with Crippen LogP contribution in [0.3, 0.4) is 0 Å². The Morgan fingerprint density at radius 2 is 1.83 bits per heavy atom. The van der Waals surface area contributed by atoms with E-state index in [1.54, 1.807) is 0 Å². The fourth-order valence-electron chi connectivity index (χ4n) is 5.62. The minimum Gasteiger partial charge on any atom is -0.378 e. The van der Waals surface area contributed by atoms with Crippen LogP contribution in [0.25, 0.3) is 0 Å². The summed E-state index contributed by atoms with van der Waals surface area (Å²) in [5.74, 6) is -0.00667. The molecule has 0 bridgehead atoms. The molecular formula is C23H38N2O5. The molecule has 1 N–H and O–H groups in total. The molecule has 0 spiro atoms. The summed E-state index contributed by atoms with van der Waals surface area (Å²) in [6, 6.07) is 0. The zero-order valence-electron chi connectivity index (χ0n) is 17.3. The number of ether oxygens (including phenoxy) is 2. The molecule has 4 rings (SSSR count). The molecule has 7 nitrogen and oxygen atoms in total. The first kappa shape index (κ1) is 23.2. The lowest BCUT2D eigenvalue weighted by atomic mass is 9.80. The van der Waals surface area contributed by atoms with Crippen LogP contribution in [0, 0.1) is 11.8 Å². The number of fused-ring (bicyclic) bond motifs is 1. The number of amides is 2. The van der Waals surface area contributed by atoms with Crippen molar-refractivity contribution in [1.29, 1.82) is 0 Å². The highest BCUT2D eigenvalue weighted by atomic mass is 16.5. The van der Waals surface area contributed by atoms with E-state index in [0.717, 1.165) is 32.1 Å². The van der Waals surface area contributed by atoms with E-state index in [1.165, 1.54) is 19.3 Å². The van der Waals surface area contributed by atoms with E-state index in [0.29, 0.717) is 38.6 Å². The SMILES string of the molecule is C.O=C(N[C@]12CCC[C@H]1OCC2=O)[C@@H](CC(=O)N1CCOCC1)CC1CCCCC1. The number of hydrogen-bond acceptors (Lipinski definition) is 5. The minimum absolute atomic E-state index is 0.